The molecule has 1 unspecified atom stereocenters. The van der Waals surface area contributed by atoms with Crippen molar-refractivity contribution in [2.75, 3.05) is 13.1 Å². The highest BCUT2D eigenvalue weighted by molar-refractivity contribution is 6.07. The van der Waals surface area contributed by atoms with E-state index in [0.717, 1.165) is 32.4 Å². The molecule has 2 aromatic carbocycles. The molecule has 1 saturated heterocycles. The maximum Gasteiger partial charge on any atom is 0.261 e. The molecule has 0 radical (unpaired) electrons. The topological polar surface area (TPSA) is 54.3 Å². The second-order valence-corrected chi connectivity index (χ2v) is 8.68. The third kappa shape index (κ3) is 4.69. The summed E-state index contributed by atoms with van der Waals surface area (Å²) in [5.74, 6) is -1.44. The second-order valence-electron chi connectivity index (χ2n) is 8.68. The van der Waals surface area contributed by atoms with Crippen LogP contribution >= 0.6 is 0 Å². The molecular weight excluding hydrogens is 424 g/mol. The quantitative estimate of drug-likeness (QED) is 0.577. The Morgan fingerprint density at radius 3 is 2.73 bits per heavy atom. The summed E-state index contributed by atoms with van der Waals surface area (Å²) in [5, 5.41) is 3.03. The van der Waals surface area contributed by atoms with E-state index < -0.39 is 17.3 Å². The number of hydrogen-bond acceptors (Lipinski definition) is 3. The van der Waals surface area contributed by atoms with E-state index in [0.29, 0.717) is 23.2 Å². The lowest BCUT2D eigenvalue weighted by Gasteiger charge is -2.26. The van der Waals surface area contributed by atoms with E-state index in [1.54, 1.807) is 29.7 Å². The number of pyridine rings is 1. The molecule has 1 atom stereocenters. The Kier molecular flexibility index (Phi) is 6.88. The van der Waals surface area contributed by atoms with Crippen LogP contribution in [0.25, 0.3) is 10.8 Å². The molecule has 174 valence electrons. The van der Waals surface area contributed by atoms with Crippen molar-refractivity contribution < 1.29 is 13.6 Å². The smallest absolute Gasteiger partial charge is 0.261 e. The van der Waals surface area contributed by atoms with Crippen molar-refractivity contribution in [2.24, 2.45) is 0 Å². The second kappa shape index (κ2) is 9.83. The van der Waals surface area contributed by atoms with Gasteiger partial charge in [-0.3, -0.25) is 14.5 Å². The van der Waals surface area contributed by atoms with Gasteiger partial charge in [0.15, 0.2) is 0 Å². The molecule has 0 spiro atoms. The predicted octanol–water partition coefficient (Wildman–Crippen LogP) is 4.39. The van der Waals surface area contributed by atoms with Crippen LogP contribution in [0.3, 0.4) is 0 Å². The molecule has 7 heteroatoms. The van der Waals surface area contributed by atoms with Gasteiger partial charge in [-0.25, -0.2) is 8.78 Å². The lowest BCUT2D eigenvalue weighted by molar-refractivity contribution is 0.0950. The third-order valence-corrected chi connectivity index (χ3v) is 6.48. The number of nitrogens with one attached hydrogen (secondary N) is 1. The van der Waals surface area contributed by atoms with Gasteiger partial charge in [0, 0.05) is 30.2 Å². The number of nitrogens with zero attached hydrogens (tertiary/aromatic N) is 2. The molecule has 1 aliphatic rings. The number of hydrogen-bond donors (Lipinski definition) is 1. The largest absolute Gasteiger partial charge is 0.348 e. The maximum atomic E-state index is 14.8. The number of halogens is 2. The van der Waals surface area contributed by atoms with Crippen molar-refractivity contribution in [3.05, 3.63) is 81.3 Å². The fraction of sp³-hybridized carbons (Fsp3) is 0.385. The standard InChI is InChI=1S/C26H29F2N3O2/c1-3-12-30-13-6-9-20(30)16-31-17(2)23(21-10-5-11-22(28)24(21)26(31)33)25(32)29-15-18-7-4-8-19(27)14-18/h4-5,7-8,10-11,14,20H,3,6,9,12-13,15-16H2,1-2H3,(H,29,32). The van der Waals surface area contributed by atoms with Crippen molar-refractivity contribution in [3.8, 4) is 0 Å². The summed E-state index contributed by atoms with van der Waals surface area (Å²) >= 11 is 0. The molecule has 1 N–H and O–H groups in total. The fourth-order valence-electron chi connectivity index (χ4n) is 4.89. The van der Waals surface area contributed by atoms with E-state index in [9.17, 15) is 18.4 Å². The minimum absolute atomic E-state index is 0.0703. The average Bonchev–Trinajstić information content (AvgIpc) is 3.22. The Hall–Kier alpha value is -3.06. The van der Waals surface area contributed by atoms with Gasteiger partial charge in [-0.15, -0.1) is 0 Å². The van der Waals surface area contributed by atoms with Gasteiger partial charge >= 0.3 is 0 Å². The van der Waals surface area contributed by atoms with Crippen LogP contribution in [-0.4, -0.2) is 34.5 Å². The van der Waals surface area contributed by atoms with Gasteiger partial charge in [0.1, 0.15) is 11.6 Å². The molecule has 1 fully saturated rings. The third-order valence-electron chi connectivity index (χ3n) is 6.48. The zero-order chi connectivity index (χ0) is 23.5. The number of amides is 1. The Morgan fingerprint density at radius 2 is 1.97 bits per heavy atom. The molecule has 1 amide bonds. The van der Waals surface area contributed by atoms with Crippen LogP contribution in [-0.2, 0) is 13.1 Å². The monoisotopic (exact) mass is 453 g/mol. The number of benzene rings is 2. The van der Waals surface area contributed by atoms with Crippen molar-refractivity contribution in [1.82, 2.24) is 14.8 Å². The minimum atomic E-state index is -0.637. The van der Waals surface area contributed by atoms with Crippen LogP contribution in [0.2, 0.25) is 0 Å². The first kappa shape index (κ1) is 23.1. The van der Waals surface area contributed by atoms with E-state index in [4.69, 9.17) is 0 Å². The number of likely N-dealkylation sites (tertiary alicyclic amines) is 1. The summed E-state index contributed by atoms with van der Waals surface area (Å²) in [6.07, 6.45) is 3.04. The molecule has 0 saturated carbocycles. The molecule has 3 aromatic rings. The first-order valence-corrected chi connectivity index (χ1v) is 11.5. The molecule has 1 aromatic heterocycles. The molecular formula is C26H29F2N3O2. The van der Waals surface area contributed by atoms with Crippen molar-refractivity contribution in [3.63, 3.8) is 0 Å². The lowest BCUT2D eigenvalue weighted by atomic mass is 10.0. The van der Waals surface area contributed by atoms with Crippen molar-refractivity contribution in [1.29, 1.82) is 0 Å². The summed E-state index contributed by atoms with van der Waals surface area (Å²) in [6, 6.07) is 10.5. The average molecular weight is 454 g/mol. The highest BCUT2D eigenvalue weighted by atomic mass is 19.1. The van der Waals surface area contributed by atoms with Crippen LogP contribution in [0, 0.1) is 18.6 Å². The molecule has 0 aliphatic carbocycles. The normalized spacial score (nSPS) is 16.4. The number of carbonyl (C=O) groups is 1. The van der Waals surface area contributed by atoms with Gasteiger partial charge in [0.25, 0.3) is 11.5 Å². The van der Waals surface area contributed by atoms with E-state index in [1.165, 1.54) is 24.3 Å². The number of fused-ring (bicyclic) bond motifs is 1. The molecule has 0 bridgehead atoms. The number of carbonyl (C=O) groups excluding carboxylic acids is 1. The molecule has 2 heterocycles. The number of aromatic nitrogens is 1. The maximum absolute atomic E-state index is 14.8. The van der Waals surface area contributed by atoms with Gasteiger partial charge in [0.2, 0.25) is 0 Å². The molecule has 5 nitrogen and oxygen atoms in total. The molecule has 1 aliphatic heterocycles. The summed E-state index contributed by atoms with van der Waals surface area (Å²) < 4.78 is 29.9. The SMILES string of the molecule is CCCN1CCCC1Cn1c(C)c(C(=O)NCc2cccc(F)c2)c2cccc(F)c2c1=O. The predicted molar refractivity (Wildman–Crippen MR) is 125 cm³/mol. The van der Waals surface area contributed by atoms with Crippen molar-refractivity contribution >= 4 is 16.7 Å². The van der Waals surface area contributed by atoms with Crippen molar-refractivity contribution in [2.45, 2.75) is 52.2 Å². The first-order chi connectivity index (χ1) is 15.9. The van der Waals surface area contributed by atoms with Crippen LogP contribution in [0.15, 0.2) is 47.3 Å². The summed E-state index contributed by atoms with van der Waals surface area (Å²) in [4.78, 5) is 29.0. The van der Waals surface area contributed by atoms with E-state index in [-0.39, 0.29) is 29.4 Å². The van der Waals surface area contributed by atoms with Crippen LogP contribution in [0.5, 0.6) is 0 Å². The Labute approximate surface area is 192 Å². The number of rotatable bonds is 7. The first-order valence-electron chi connectivity index (χ1n) is 11.5. The van der Waals surface area contributed by atoms with E-state index in [2.05, 4.69) is 17.1 Å². The minimum Gasteiger partial charge on any atom is -0.348 e. The highest BCUT2D eigenvalue weighted by Gasteiger charge is 2.27. The highest BCUT2D eigenvalue weighted by Crippen LogP contribution is 2.24. The zero-order valence-electron chi connectivity index (χ0n) is 19.0. The summed E-state index contributed by atoms with van der Waals surface area (Å²) in [5.41, 5.74) is 0.996. The Bertz CT molecular complexity index is 1240. The lowest BCUT2D eigenvalue weighted by Crippen LogP contribution is -2.38. The van der Waals surface area contributed by atoms with Gasteiger partial charge in [-0.1, -0.05) is 31.2 Å². The van der Waals surface area contributed by atoms with Crippen LogP contribution in [0.1, 0.15) is 47.8 Å². The molecule has 33 heavy (non-hydrogen) atoms. The fourth-order valence-corrected chi connectivity index (χ4v) is 4.89. The summed E-state index contributed by atoms with van der Waals surface area (Å²) in [6.45, 7) is 6.33. The van der Waals surface area contributed by atoms with Gasteiger partial charge in [0.05, 0.1) is 10.9 Å². The van der Waals surface area contributed by atoms with Crippen LogP contribution < -0.4 is 10.9 Å². The molecule has 4 rings (SSSR count). The Morgan fingerprint density at radius 1 is 1.18 bits per heavy atom. The van der Waals surface area contributed by atoms with E-state index >= 15 is 0 Å². The van der Waals surface area contributed by atoms with Crippen LogP contribution in [0.4, 0.5) is 8.78 Å². The van der Waals surface area contributed by atoms with Gasteiger partial charge in [-0.2, -0.15) is 0 Å². The van der Waals surface area contributed by atoms with Gasteiger partial charge in [-0.05, 0) is 63.0 Å². The van der Waals surface area contributed by atoms with E-state index in [1.807, 2.05) is 0 Å². The zero-order valence-corrected chi connectivity index (χ0v) is 19.0. The Balaban J connectivity index is 1.74. The summed E-state index contributed by atoms with van der Waals surface area (Å²) in [7, 11) is 0. The van der Waals surface area contributed by atoms with Gasteiger partial charge < -0.3 is 9.88 Å².